The van der Waals surface area contributed by atoms with Gasteiger partial charge in [0.05, 0.1) is 15.5 Å². The number of sulfonamides is 1. The molecule has 1 aromatic carbocycles. The summed E-state index contributed by atoms with van der Waals surface area (Å²) in [7, 11) is -2.38. The monoisotopic (exact) mass is 423 g/mol. The molecule has 1 heterocycles. The molecule has 142 valence electrons. The molecule has 0 saturated carbocycles. The van der Waals surface area contributed by atoms with Crippen molar-refractivity contribution < 1.29 is 22.0 Å². The number of nitrogens with one attached hydrogen (secondary N) is 1. The maximum atomic E-state index is 12.6. The van der Waals surface area contributed by atoms with E-state index in [1.165, 1.54) is 19.2 Å². The van der Waals surface area contributed by atoms with Crippen LogP contribution < -0.4 is 5.32 Å². The van der Waals surface area contributed by atoms with Crippen LogP contribution in [0.1, 0.15) is 36.3 Å². The van der Waals surface area contributed by atoms with Crippen molar-refractivity contribution in [2.24, 2.45) is 0 Å². The molecule has 0 saturated heterocycles. The third-order valence-electron chi connectivity index (χ3n) is 3.55. The van der Waals surface area contributed by atoms with Gasteiger partial charge in [-0.3, -0.25) is 10.1 Å². The third-order valence-corrected chi connectivity index (χ3v) is 6.69. The van der Waals surface area contributed by atoms with E-state index in [1.807, 2.05) is 0 Å². The van der Waals surface area contributed by atoms with E-state index in [0.717, 1.165) is 27.1 Å². The molecule has 0 aliphatic heterocycles. The van der Waals surface area contributed by atoms with Crippen molar-refractivity contribution in [1.29, 1.82) is 0 Å². The Kier molecular flexibility index (Phi) is 6.33. The van der Waals surface area contributed by atoms with E-state index >= 15 is 0 Å². The quantitative estimate of drug-likeness (QED) is 0.761. The first-order valence-corrected chi connectivity index (χ1v) is 10.1. The molecule has 0 spiro atoms. The van der Waals surface area contributed by atoms with Gasteiger partial charge in [0.2, 0.25) is 10.0 Å². The molecule has 1 aromatic heterocycles. The topological polar surface area (TPSA) is 79.4 Å². The summed E-state index contributed by atoms with van der Waals surface area (Å²) in [5, 5.41) is 3.47. The summed E-state index contributed by atoms with van der Waals surface area (Å²) < 4.78 is 51.4. The molecule has 0 aliphatic carbocycles. The fraction of sp³-hybridized carbons (Fsp3) is 0.333. The van der Waals surface area contributed by atoms with Gasteiger partial charge in [0.1, 0.15) is 5.69 Å². The standard InChI is InChI=1S/C15H16ClF2N3O3S2/c1-8(2)21(3)26(23,24)9-4-5-11(16)10(6-9)14(22)20-15-19-12(7-25-15)13(17)18/h4-8,13H,1-3H3,(H,19,20,22). The van der Waals surface area contributed by atoms with Crippen molar-refractivity contribution >= 4 is 44.0 Å². The number of hydrogen-bond donors (Lipinski definition) is 1. The maximum Gasteiger partial charge on any atom is 0.281 e. The van der Waals surface area contributed by atoms with Crippen LogP contribution in [0.2, 0.25) is 5.02 Å². The second kappa shape index (κ2) is 7.95. The van der Waals surface area contributed by atoms with E-state index in [1.54, 1.807) is 13.8 Å². The number of carbonyl (C=O) groups is 1. The number of thiazole rings is 1. The van der Waals surface area contributed by atoms with Crippen LogP contribution in [0.4, 0.5) is 13.9 Å². The Morgan fingerprint density at radius 3 is 2.54 bits per heavy atom. The van der Waals surface area contributed by atoms with Crippen molar-refractivity contribution in [2.75, 3.05) is 12.4 Å². The van der Waals surface area contributed by atoms with Gasteiger partial charge in [-0.2, -0.15) is 4.31 Å². The highest BCUT2D eigenvalue weighted by Gasteiger charge is 2.25. The Labute approximate surface area is 158 Å². The number of nitrogens with zero attached hydrogens (tertiary/aromatic N) is 2. The molecule has 1 amide bonds. The van der Waals surface area contributed by atoms with E-state index in [4.69, 9.17) is 11.6 Å². The fourth-order valence-electron chi connectivity index (χ4n) is 1.89. The number of benzene rings is 1. The summed E-state index contributed by atoms with van der Waals surface area (Å²) in [5.74, 6) is -0.741. The molecule has 0 aliphatic rings. The molecule has 1 N–H and O–H groups in total. The summed E-state index contributed by atoms with van der Waals surface area (Å²) >= 11 is 6.83. The summed E-state index contributed by atoms with van der Waals surface area (Å²) in [5.41, 5.74) is -0.551. The van der Waals surface area contributed by atoms with Gasteiger partial charge in [-0.15, -0.1) is 11.3 Å². The third kappa shape index (κ3) is 4.37. The predicted octanol–water partition coefficient (Wildman–Crippen LogP) is 4.02. The maximum absolute atomic E-state index is 12.6. The van der Waals surface area contributed by atoms with Crippen molar-refractivity contribution in [3.8, 4) is 0 Å². The van der Waals surface area contributed by atoms with Gasteiger partial charge < -0.3 is 0 Å². The highest BCUT2D eigenvalue weighted by atomic mass is 35.5. The minimum absolute atomic E-state index is 0.0271. The Morgan fingerprint density at radius 2 is 2.00 bits per heavy atom. The van der Waals surface area contributed by atoms with Crippen molar-refractivity contribution in [2.45, 2.75) is 31.2 Å². The first-order chi connectivity index (χ1) is 12.0. The summed E-state index contributed by atoms with van der Waals surface area (Å²) in [6.45, 7) is 3.42. The van der Waals surface area contributed by atoms with Crippen molar-refractivity contribution in [3.05, 3.63) is 39.9 Å². The van der Waals surface area contributed by atoms with Gasteiger partial charge in [-0.25, -0.2) is 22.2 Å². The molecule has 6 nitrogen and oxygen atoms in total. The molecule has 11 heteroatoms. The molecular formula is C15H16ClF2N3O3S2. The fourth-order valence-corrected chi connectivity index (χ4v) is 4.19. The van der Waals surface area contributed by atoms with E-state index < -0.39 is 28.0 Å². The highest BCUT2D eigenvalue weighted by molar-refractivity contribution is 7.89. The number of anilines is 1. The molecule has 0 radical (unpaired) electrons. The lowest BCUT2D eigenvalue weighted by Gasteiger charge is -2.21. The minimum atomic E-state index is -3.81. The normalized spacial score (nSPS) is 12.2. The van der Waals surface area contributed by atoms with Crippen molar-refractivity contribution in [3.63, 3.8) is 0 Å². The van der Waals surface area contributed by atoms with E-state index in [2.05, 4.69) is 10.3 Å². The zero-order valence-electron chi connectivity index (χ0n) is 14.0. The lowest BCUT2D eigenvalue weighted by Crippen LogP contribution is -2.33. The Bertz CT molecular complexity index is 917. The van der Waals surface area contributed by atoms with Gasteiger partial charge in [0.15, 0.2) is 5.13 Å². The van der Waals surface area contributed by atoms with Gasteiger partial charge in [-0.05, 0) is 32.0 Å². The Morgan fingerprint density at radius 1 is 1.35 bits per heavy atom. The predicted molar refractivity (Wildman–Crippen MR) is 96.6 cm³/mol. The lowest BCUT2D eigenvalue weighted by atomic mass is 10.2. The molecular weight excluding hydrogens is 408 g/mol. The van der Waals surface area contributed by atoms with Gasteiger partial charge in [0, 0.05) is 18.5 Å². The second-order valence-corrected chi connectivity index (χ2v) is 8.85. The SMILES string of the molecule is CC(C)N(C)S(=O)(=O)c1ccc(Cl)c(C(=O)Nc2nc(C(F)F)cs2)c1. The first kappa shape index (κ1) is 20.7. The Hall–Kier alpha value is -1.62. The molecule has 0 atom stereocenters. The van der Waals surface area contributed by atoms with E-state index in [-0.39, 0.29) is 26.7 Å². The van der Waals surface area contributed by atoms with Crippen LogP contribution in [0, 0.1) is 0 Å². The number of amides is 1. The number of rotatable bonds is 6. The highest BCUT2D eigenvalue weighted by Crippen LogP contribution is 2.27. The minimum Gasteiger partial charge on any atom is -0.298 e. The molecule has 26 heavy (non-hydrogen) atoms. The first-order valence-electron chi connectivity index (χ1n) is 7.36. The zero-order chi connectivity index (χ0) is 19.6. The number of carbonyl (C=O) groups excluding carboxylic acids is 1. The molecule has 0 bridgehead atoms. The summed E-state index contributed by atoms with van der Waals surface area (Å²) in [4.78, 5) is 15.9. The number of hydrogen-bond acceptors (Lipinski definition) is 5. The zero-order valence-corrected chi connectivity index (χ0v) is 16.4. The summed E-state index contributed by atoms with van der Waals surface area (Å²) in [6, 6.07) is 3.46. The van der Waals surface area contributed by atoms with Gasteiger partial charge in [0.25, 0.3) is 12.3 Å². The van der Waals surface area contributed by atoms with Crippen LogP contribution in [0.15, 0.2) is 28.5 Å². The second-order valence-electron chi connectivity index (χ2n) is 5.59. The van der Waals surface area contributed by atoms with Crippen LogP contribution in [-0.2, 0) is 10.0 Å². The number of alkyl halides is 2. The smallest absolute Gasteiger partial charge is 0.281 e. The van der Waals surface area contributed by atoms with Crippen molar-refractivity contribution in [1.82, 2.24) is 9.29 Å². The lowest BCUT2D eigenvalue weighted by molar-refractivity contribution is 0.102. The van der Waals surface area contributed by atoms with Gasteiger partial charge >= 0.3 is 0 Å². The van der Waals surface area contributed by atoms with Crippen LogP contribution in [0.25, 0.3) is 0 Å². The summed E-state index contributed by atoms with van der Waals surface area (Å²) in [6.07, 6.45) is -2.75. The number of halogens is 3. The van der Waals surface area contributed by atoms with E-state index in [9.17, 15) is 22.0 Å². The van der Waals surface area contributed by atoms with Gasteiger partial charge in [-0.1, -0.05) is 11.6 Å². The Balaban J connectivity index is 2.33. The van der Waals surface area contributed by atoms with Crippen LogP contribution in [0.3, 0.4) is 0 Å². The average molecular weight is 424 g/mol. The van der Waals surface area contributed by atoms with Crippen LogP contribution in [0.5, 0.6) is 0 Å². The van der Waals surface area contributed by atoms with Crippen LogP contribution in [-0.4, -0.2) is 36.7 Å². The molecule has 2 rings (SSSR count). The number of aromatic nitrogens is 1. The average Bonchev–Trinajstić information content (AvgIpc) is 3.02. The van der Waals surface area contributed by atoms with Crippen LogP contribution >= 0.6 is 22.9 Å². The molecule has 2 aromatic rings. The largest absolute Gasteiger partial charge is 0.298 e. The van der Waals surface area contributed by atoms with E-state index in [0.29, 0.717) is 0 Å². The molecule has 0 fully saturated rings. The molecule has 0 unspecified atom stereocenters.